The van der Waals surface area contributed by atoms with Crippen molar-refractivity contribution in [3.8, 4) is 0 Å². The predicted molar refractivity (Wildman–Crippen MR) is 414 cm³/mol. The van der Waals surface area contributed by atoms with Crippen LogP contribution in [0.1, 0.15) is 433 Å². The Morgan fingerprint density at radius 1 is 0.267 bits per heavy atom. The van der Waals surface area contributed by atoms with Crippen LogP contribution >= 0.6 is 15.6 Å². The number of aliphatic hydroxyl groups is 1. The van der Waals surface area contributed by atoms with Crippen LogP contribution in [-0.2, 0) is 65.4 Å². The van der Waals surface area contributed by atoms with Crippen molar-refractivity contribution in [1.82, 2.24) is 0 Å². The summed E-state index contributed by atoms with van der Waals surface area (Å²) in [5.41, 5.74) is 0. The molecule has 0 radical (unpaired) electrons. The number of unbranched alkanes of at least 4 members (excludes halogenated alkanes) is 51. The van der Waals surface area contributed by atoms with E-state index in [0.717, 1.165) is 102 Å². The van der Waals surface area contributed by atoms with Gasteiger partial charge in [-0.3, -0.25) is 37.3 Å². The van der Waals surface area contributed by atoms with E-state index in [0.29, 0.717) is 31.6 Å². The first-order valence-electron chi connectivity index (χ1n) is 42.5. The fourth-order valence-electron chi connectivity index (χ4n) is 12.7. The van der Waals surface area contributed by atoms with Gasteiger partial charge in [0.05, 0.1) is 26.4 Å². The van der Waals surface area contributed by atoms with Crippen LogP contribution in [-0.4, -0.2) is 96.7 Å². The lowest BCUT2D eigenvalue weighted by Gasteiger charge is -2.21. The minimum Gasteiger partial charge on any atom is -0.462 e. The van der Waals surface area contributed by atoms with Gasteiger partial charge in [0.25, 0.3) is 0 Å². The lowest BCUT2D eigenvalue weighted by Crippen LogP contribution is -2.30. The number of esters is 4. The van der Waals surface area contributed by atoms with E-state index in [1.54, 1.807) is 0 Å². The van der Waals surface area contributed by atoms with Crippen molar-refractivity contribution in [1.29, 1.82) is 0 Å². The van der Waals surface area contributed by atoms with Crippen molar-refractivity contribution >= 4 is 39.5 Å². The zero-order valence-corrected chi connectivity index (χ0v) is 68.0. The van der Waals surface area contributed by atoms with Crippen LogP contribution in [0, 0.1) is 11.8 Å². The summed E-state index contributed by atoms with van der Waals surface area (Å²) in [5.74, 6) is -0.639. The van der Waals surface area contributed by atoms with Crippen LogP contribution in [0.15, 0.2) is 0 Å². The number of phosphoric ester groups is 2. The van der Waals surface area contributed by atoms with Gasteiger partial charge in [0.15, 0.2) is 12.2 Å². The second-order valence-corrected chi connectivity index (χ2v) is 33.4. The molecule has 2 unspecified atom stereocenters. The van der Waals surface area contributed by atoms with Crippen LogP contribution in [0.5, 0.6) is 0 Å². The standard InChI is InChI=1S/C82H160O17P2/c1-7-9-11-13-15-17-19-21-23-24-25-26-27-28-29-30-34-39-43-47-55-61-67-81(86)98-77(70-92-79(84)64-58-52-45-41-37-35-31-32-36-40-44-50-56-62-74(3)4)72-96-100(88,89)94-68-76(83)69-95-101(90,91)97-73-78(71-93-80(85)65-59-53-49-48-51-57-63-75(5)6)99-82(87)66-60-54-46-42-38-33-22-20-18-16-14-12-10-8-2/h74-78,83H,7-73H2,1-6H3,(H,88,89)(H,90,91)/t76-,77-,78-/m1/s1. The third kappa shape index (κ3) is 76.1. The first kappa shape index (κ1) is 99.1. The number of carbonyl (C=O) groups is 4. The Bertz CT molecular complexity index is 1940. The van der Waals surface area contributed by atoms with E-state index >= 15 is 0 Å². The van der Waals surface area contributed by atoms with Crippen LogP contribution in [0.2, 0.25) is 0 Å². The van der Waals surface area contributed by atoms with Crippen LogP contribution in [0.3, 0.4) is 0 Å². The maximum absolute atomic E-state index is 13.1. The first-order chi connectivity index (χ1) is 48.9. The van der Waals surface area contributed by atoms with E-state index in [2.05, 4.69) is 41.5 Å². The highest BCUT2D eigenvalue weighted by atomic mass is 31.2. The van der Waals surface area contributed by atoms with Crippen LogP contribution < -0.4 is 0 Å². The van der Waals surface area contributed by atoms with Crippen molar-refractivity contribution in [3.05, 3.63) is 0 Å². The molecule has 0 rings (SSSR count). The molecule has 17 nitrogen and oxygen atoms in total. The number of hydrogen-bond acceptors (Lipinski definition) is 15. The zero-order chi connectivity index (χ0) is 74.2. The summed E-state index contributed by atoms with van der Waals surface area (Å²) in [6.07, 6.45) is 64.1. The number of hydrogen-bond donors (Lipinski definition) is 3. The van der Waals surface area contributed by atoms with Gasteiger partial charge < -0.3 is 33.8 Å². The van der Waals surface area contributed by atoms with E-state index in [9.17, 15) is 43.2 Å². The van der Waals surface area contributed by atoms with Gasteiger partial charge in [-0.1, -0.05) is 382 Å². The number of carbonyl (C=O) groups excluding carboxylic acids is 4. The molecule has 0 spiro atoms. The first-order valence-corrected chi connectivity index (χ1v) is 45.5. The average Bonchev–Trinajstić information content (AvgIpc) is 0.950. The fraction of sp³-hybridized carbons (Fsp3) is 0.951. The number of ether oxygens (including phenoxy) is 4. The van der Waals surface area contributed by atoms with Gasteiger partial charge in [-0.15, -0.1) is 0 Å². The van der Waals surface area contributed by atoms with Crippen molar-refractivity contribution in [2.45, 2.75) is 452 Å². The smallest absolute Gasteiger partial charge is 0.462 e. The second-order valence-electron chi connectivity index (χ2n) is 30.5. The molecule has 0 aliphatic carbocycles. The van der Waals surface area contributed by atoms with Gasteiger partial charge in [-0.2, -0.15) is 0 Å². The summed E-state index contributed by atoms with van der Waals surface area (Å²) in [5, 5.41) is 10.6. The molecule has 0 aliphatic heterocycles. The summed E-state index contributed by atoms with van der Waals surface area (Å²) in [7, 11) is -9.92. The molecule has 0 aromatic rings. The Kier molecular flexibility index (Phi) is 72.2. The summed E-state index contributed by atoms with van der Waals surface area (Å²) < 4.78 is 68.7. The molecule has 0 aromatic heterocycles. The highest BCUT2D eigenvalue weighted by molar-refractivity contribution is 7.47. The maximum atomic E-state index is 13.1. The normalized spacial score (nSPS) is 13.9. The molecule has 0 heterocycles. The lowest BCUT2D eigenvalue weighted by atomic mass is 10.0. The molecule has 19 heteroatoms. The van der Waals surface area contributed by atoms with Gasteiger partial charge >= 0.3 is 39.5 Å². The van der Waals surface area contributed by atoms with Crippen LogP contribution in [0.25, 0.3) is 0 Å². The summed E-state index contributed by atoms with van der Waals surface area (Å²) in [6.45, 7) is 9.57. The Morgan fingerprint density at radius 2 is 0.455 bits per heavy atom. The second kappa shape index (κ2) is 73.6. The predicted octanol–water partition coefficient (Wildman–Crippen LogP) is 24.7. The number of rotatable bonds is 81. The Balaban J connectivity index is 5.20. The Hall–Kier alpha value is -1.94. The van der Waals surface area contributed by atoms with Crippen molar-refractivity contribution in [2.75, 3.05) is 39.6 Å². The third-order valence-electron chi connectivity index (χ3n) is 19.2. The molecule has 3 N–H and O–H groups in total. The molecular formula is C82H160O17P2. The van der Waals surface area contributed by atoms with E-state index in [1.165, 1.54) is 244 Å². The molecule has 0 saturated carbocycles. The van der Waals surface area contributed by atoms with E-state index in [1.807, 2.05) is 0 Å². The maximum Gasteiger partial charge on any atom is 0.472 e. The fourth-order valence-corrected chi connectivity index (χ4v) is 14.3. The largest absolute Gasteiger partial charge is 0.472 e. The molecule has 0 fully saturated rings. The van der Waals surface area contributed by atoms with Crippen molar-refractivity contribution in [2.24, 2.45) is 11.8 Å². The summed E-state index contributed by atoms with van der Waals surface area (Å²) in [4.78, 5) is 73.0. The Labute approximate surface area is 619 Å². The topological polar surface area (TPSA) is 237 Å². The van der Waals surface area contributed by atoms with Gasteiger partial charge in [0.2, 0.25) is 0 Å². The third-order valence-corrected chi connectivity index (χ3v) is 21.1. The number of aliphatic hydroxyl groups excluding tert-OH is 1. The lowest BCUT2D eigenvalue weighted by molar-refractivity contribution is -0.161. The van der Waals surface area contributed by atoms with Crippen LogP contribution in [0.4, 0.5) is 0 Å². The summed E-state index contributed by atoms with van der Waals surface area (Å²) in [6, 6.07) is 0. The Morgan fingerprint density at radius 3 is 0.673 bits per heavy atom. The number of phosphoric acid groups is 2. The molecule has 5 atom stereocenters. The average molecular weight is 1480 g/mol. The molecule has 0 saturated heterocycles. The molecule has 600 valence electrons. The minimum atomic E-state index is -4.96. The quantitative estimate of drug-likeness (QED) is 0.0222. The van der Waals surface area contributed by atoms with Crippen molar-refractivity contribution in [3.63, 3.8) is 0 Å². The molecular weight excluding hydrogens is 1320 g/mol. The monoisotopic (exact) mass is 1480 g/mol. The SMILES string of the molecule is CCCCCCCCCCCCCCCCCCCCCCCCC(=O)O[C@H](COC(=O)CCCCCCCCCCCCCCCC(C)C)COP(=O)(O)OC[C@@H](O)COP(=O)(O)OC[C@@H](COC(=O)CCCCCCCCC(C)C)OC(=O)CCCCCCCCCCCCCCCC. The minimum absolute atomic E-state index is 0.107. The van der Waals surface area contributed by atoms with Crippen molar-refractivity contribution < 1.29 is 80.2 Å². The molecule has 0 bridgehead atoms. The molecule has 0 aromatic carbocycles. The van der Waals surface area contributed by atoms with E-state index in [-0.39, 0.29) is 25.7 Å². The van der Waals surface area contributed by atoms with E-state index < -0.39 is 97.5 Å². The highest BCUT2D eigenvalue weighted by Gasteiger charge is 2.30. The van der Waals surface area contributed by atoms with Gasteiger partial charge in [-0.05, 0) is 37.5 Å². The van der Waals surface area contributed by atoms with Gasteiger partial charge in [-0.25, -0.2) is 9.13 Å². The molecule has 0 aliphatic rings. The van der Waals surface area contributed by atoms with Gasteiger partial charge in [0, 0.05) is 25.7 Å². The van der Waals surface area contributed by atoms with E-state index in [4.69, 9.17) is 37.0 Å². The highest BCUT2D eigenvalue weighted by Crippen LogP contribution is 2.45. The molecule has 0 amide bonds. The summed E-state index contributed by atoms with van der Waals surface area (Å²) >= 11 is 0. The molecule has 101 heavy (non-hydrogen) atoms. The van der Waals surface area contributed by atoms with Gasteiger partial charge in [0.1, 0.15) is 19.3 Å². The zero-order valence-electron chi connectivity index (χ0n) is 66.2.